The monoisotopic (exact) mass is 298 g/mol. The lowest BCUT2D eigenvalue weighted by atomic mass is 10.1. The van der Waals surface area contributed by atoms with Gasteiger partial charge in [0.25, 0.3) is 5.91 Å². The summed E-state index contributed by atoms with van der Waals surface area (Å²) in [5, 5.41) is 11.7. The zero-order valence-corrected chi connectivity index (χ0v) is 10.5. The highest BCUT2D eigenvalue weighted by molar-refractivity contribution is 9.10. The topological polar surface area (TPSA) is 69.6 Å². The summed E-state index contributed by atoms with van der Waals surface area (Å²) in [7, 11) is 0. The summed E-state index contributed by atoms with van der Waals surface area (Å²) in [6.45, 7) is 0.562. The summed E-state index contributed by atoms with van der Waals surface area (Å²) < 4.78 is 0.899. The molecule has 1 heterocycles. The number of carboxylic acids is 1. The molecule has 0 saturated carbocycles. The zero-order valence-electron chi connectivity index (χ0n) is 8.94. The van der Waals surface area contributed by atoms with Crippen molar-refractivity contribution in [3.8, 4) is 0 Å². The standard InChI is InChI=1S/C11H11BrN2O3/c12-7-1-2-8-9(5-7)13-6-14(11(8)17)4-3-10(15)16/h1-2,5,13H,3-4,6H2,(H,15,16). The van der Waals surface area contributed by atoms with Crippen molar-refractivity contribution in [3.05, 3.63) is 28.2 Å². The number of halogens is 1. The van der Waals surface area contributed by atoms with Gasteiger partial charge < -0.3 is 15.3 Å². The van der Waals surface area contributed by atoms with Crippen molar-refractivity contribution in [1.82, 2.24) is 4.90 Å². The smallest absolute Gasteiger partial charge is 0.305 e. The van der Waals surface area contributed by atoms with Crippen LogP contribution in [0.15, 0.2) is 22.7 Å². The van der Waals surface area contributed by atoms with Gasteiger partial charge in [0.05, 0.1) is 18.7 Å². The van der Waals surface area contributed by atoms with Gasteiger partial charge in [-0.3, -0.25) is 9.59 Å². The molecule has 2 N–H and O–H groups in total. The van der Waals surface area contributed by atoms with Crippen molar-refractivity contribution in [3.63, 3.8) is 0 Å². The number of nitrogens with zero attached hydrogens (tertiary/aromatic N) is 1. The number of carbonyl (C=O) groups is 2. The van der Waals surface area contributed by atoms with Gasteiger partial charge in [-0.15, -0.1) is 0 Å². The number of aliphatic carboxylic acids is 1. The van der Waals surface area contributed by atoms with Crippen LogP contribution in [-0.4, -0.2) is 35.1 Å². The molecule has 0 aromatic heterocycles. The molecule has 0 atom stereocenters. The van der Waals surface area contributed by atoms with Gasteiger partial charge >= 0.3 is 5.97 Å². The van der Waals surface area contributed by atoms with Crippen LogP contribution < -0.4 is 5.32 Å². The van der Waals surface area contributed by atoms with Crippen LogP contribution in [0.2, 0.25) is 0 Å². The van der Waals surface area contributed by atoms with Gasteiger partial charge in [0, 0.05) is 16.7 Å². The molecule has 1 amide bonds. The minimum atomic E-state index is -0.903. The number of benzene rings is 1. The van der Waals surface area contributed by atoms with Crippen LogP contribution in [0.25, 0.3) is 0 Å². The highest BCUT2D eigenvalue weighted by atomic mass is 79.9. The summed E-state index contributed by atoms with van der Waals surface area (Å²) >= 11 is 3.33. The minimum absolute atomic E-state index is 0.0424. The Hall–Kier alpha value is -1.56. The number of fused-ring (bicyclic) bond motifs is 1. The molecule has 1 aliphatic rings. The predicted molar refractivity (Wildman–Crippen MR) is 65.9 cm³/mol. The first-order valence-corrected chi connectivity index (χ1v) is 5.92. The zero-order chi connectivity index (χ0) is 12.4. The largest absolute Gasteiger partial charge is 0.481 e. The van der Waals surface area contributed by atoms with Gasteiger partial charge in [0.1, 0.15) is 0 Å². The van der Waals surface area contributed by atoms with E-state index in [1.807, 2.05) is 6.07 Å². The maximum atomic E-state index is 12.0. The SMILES string of the molecule is O=C(O)CCN1CNc2cc(Br)ccc2C1=O. The molecule has 1 aliphatic heterocycles. The van der Waals surface area contributed by atoms with Crippen LogP contribution in [0.5, 0.6) is 0 Å². The van der Waals surface area contributed by atoms with Crippen LogP contribution in [0.1, 0.15) is 16.8 Å². The molecule has 6 heteroatoms. The second kappa shape index (κ2) is 4.75. The molecule has 0 spiro atoms. The van der Waals surface area contributed by atoms with Gasteiger partial charge in [-0.05, 0) is 18.2 Å². The van der Waals surface area contributed by atoms with E-state index in [9.17, 15) is 9.59 Å². The van der Waals surface area contributed by atoms with E-state index < -0.39 is 5.97 Å². The molecule has 0 fully saturated rings. The number of anilines is 1. The summed E-state index contributed by atoms with van der Waals surface area (Å²) in [6.07, 6.45) is -0.0424. The van der Waals surface area contributed by atoms with Crippen LogP contribution >= 0.6 is 15.9 Å². The predicted octanol–water partition coefficient (Wildman–Crippen LogP) is 1.75. The van der Waals surface area contributed by atoms with Gasteiger partial charge in [-0.2, -0.15) is 0 Å². The van der Waals surface area contributed by atoms with Crippen LogP contribution in [0, 0.1) is 0 Å². The Kier molecular flexibility index (Phi) is 3.33. The Bertz CT molecular complexity index is 476. The number of carbonyl (C=O) groups excluding carboxylic acids is 1. The summed E-state index contributed by atoms with van der Waals surface area (Å²) in [6, 6.07) is 5.35. The number of nitrogens with one attached hydrogen (secondary N) is 1. The van der Waals surface area contributed by atoms with Gasteiger partial charge in [0.2, 0.25) is 0 Å². The van der Waals surface area contributed by atoms with Gasteiger partial charge in [-0.25, -0.2) is 0 Å². The van der Waals surface area contributed by atoms with Gasteiger partial charge in [-0.1, -0.05) is 15.9 Å². The van der Waals surface area contributed by atoms with Crippen molar-refractivity contribution in [2.75, 3.05) is 18.5 Å². The summed E-state index contributed by atoms with van der Waals surface area (Å²) in [5.41, 5.74) is 1.35. The van der Waals surface area contributed by atoms with E-state index in [2.05, 4.69) is 21.2 Å². The van der Waals surface area contributed by atoms with E-state index >= 15 is 0 Å². The number of carboxylic acid groups (broad SMARTS) is 1. The normalized spacial score (nSPS) is 14.2. The average Bonchev–Trinajstić information content (AvgIpc) is 2.27. The number of hydrogen-bond acceptors (Lipinski definition) is 3. The third kappa shape index (κ3) is 2.58. The van der Waals surface area contributed by atoms with Crippen molar-refractivity contribution in [2.45, 2.75) is 6.42 Å². The quantitative estimate of drug-likeness (QED) is 0.892. The lowest BCUT2D eigenvalue weighted by molar-refractivity contribution is -0.137. The van der Waals surface area contributed by atoms with Crippen molar-refractivity contribution in [1.29, 1.82) is 0 Å². The van der Waals surface area contributed by atoms with E-state index in [0.29, 0.717) is 12.2 Å². The van der Waals surface area contributed by atoms with Crippen molar-refractivity contribution < 1.29 is 14.7 Å². The van der Waals surface area contributed by atoms with Crippen molar-refractivity contribution >= 4 is 33.5 Å². The highest BCUT2D eigenvalue weighted by Gasteiger charge is 2.24. The van der Waals surface area contributed by atoms with E-state index in [4.69, 9.17) is 5.11 Å². The molecule has 17 heavy (non-hydrogen) atoms. The second-order valence-electron chi connectivity index (χ2n) is 3.74. The van der Waals surface area contributed by atoms with Gasteiger partial charge in [0.15, 0.2) is 0 Å². The summed E-state index contributed by atoms with van der Waals surface area (Å²) in [5.74, 6) is -1.04. The fourth-order valence-corrected chi connectivity index (χ4v) is 2.04. The maximum absolute atomic E-state index is 12.0. The third-order valence-electron chi connectivity index (χ3n) is 2.56. The van der Waals surface area contributed by atoms with Crippen LogP contribution in [0.3, 0.4) is 0 Å². The average molecular weight is 299 g/mol. The Balaban J connectivity index is 2.16. The Labute approximate surface area is 107 Å². The molecule has 0 aliphatic carbocycles. The lowest BCUT2D eigenvalue weighted by Crippen LogP contribution is -2.41. The second-order valence-corrected chi connectivity index (χ2v) is 4.65. The molecule has 0 saturated heterocycles. The molecule has 2 rings (SSSR count). The molecule has 0 unspecified atom stereocenters. The Morgan fingerprint density at radius 1 is 1.53 bits per heavy atom. The Morgan fingerprint density at radius 3 is 3.00 bits per heavy atom. The first-order chi connectivity index (χ1) is 8.08. The number of rotatable bonds is 3. The highest BCUT2D eigenvalue weighted by Crippen LogP contribution is 2.25. The van der Waals surface area contributed by atoms with E-state index in [0.717, 1.165) is 10.2 Å². The fourth-order valence-electron chi connectivity index (χ4n) is 1.68. The van der Waals surface area contributed by atoms with E-state index in [1.54, 1.807) is 12.1 Å². The Morgan fingerprint density at radius 2 is 2.29 bits per heavy atom. The first-order valence-electron chi connectivity index (χ1n) is 5.12. The molecule has 1 aromatic rings. The lowest BCUT2D eigenvalue weighted by Gasteiger charge is -2.29. The minimum Gasteiger partial charge on any atom is -0.481 e. The maximum Gasteiger partial charge on any atom is 0.305 e. The molecular formula is C11H11BrN2O3. The molecule has 90 valence electrons. The number of amides is 1. The third-order valence-corrected chi connectivity index (χ3v) is 3.05. The van der Waals surface area contributed by atoms with Crippen LogP contribution in [-0.2, 0) is 4.79 Å². The van der Waals surface area contributed by atoms with E-state index in [-0.39, 0.29) is 18.9 Å². The first kappa shape index (κ1) is 11.9. The summed E-state index contributed by atoms with van der Waals surface area (Å²) in [4.78, 5) is 24.0. The van der Waals surface area contributed by atoms with E-state index in [1.165, 1.54) is 4.90 Å². The molecule has 1 aromatic carbocycles. The molecule has 5 nitrogen and oxygen atoms in total. The molecule has 0 bridgehead atoms. The molecule has 0 radical (unpaired) electrons. The van der Waals surface area contributed by atoms with Crippen LogP contribution in [0.4, 0.5) is 5.69 Å². The fraction of sp³-hybridized carbons (Fsp3) is 0.273. The number of hydrogen-bond donors (Lipinski definition) is 2. The van der Waals surface area contributed by atoms with Crippen molar-refractivity contribution in [2.24, 2.45) is 0 Å². The molecular weight excluding hydrogens is 288 g/mol.